The van der Waals surface area contributed by atoms with Gasteiger partial charge in [0.2, 0.25) is 0 Å². The van der Waals surface area contributed by atoms with Gasteiger partial charge in [-0.2, -0.15) is 0 Å². The highest BCUT2D eigenvalue weighted by molar-refractivity contribution is 5.81. The molecule has 42 heavy (non-hydrogen) atoms. The Hall–Kier alpha value is -2.11. The van der Waals surface area contributed by atoms with E-state index in [1.807, 2.05) is 0 Å². The topological polar surface area (TPSA) is 74.2 Å². The Labute approximate surface area is 255 Å². The molecule has 4 aliphatic carbocycles. The van der Waals surface area contributed by atoms with Gasteiger partial charge in [-0.3, -0.25) is 4.79 Å². The van der Waals surface area contributed by atoms with E-state index in [0.717, 1.165) is 49.4 Å². The summed E-state index contributed by atoms with van der Waals surface area (Å²) in [5.41, 5.74) is 1.71. The molecule has 0 radical (unpaired) electrons. The van der Waals surface area contributed by atoms with Crippen LogP contribution in [-0.2, 0) is 23.9 Å². The molecular weight excluding hydrogens is 526 g/mol. The molecule has 0 heterocycles. The van der Waals surface area contributed by atoms with Crippen molar-refractivity contribution >= 4 is 18.2 Å². The summed E-state index contributed by atoms with van der Waals surface area (Å²) >= 11 is 0. The summed E-state index contributed by atoms with van der Waals surface area (Å²) in [5.74, 6) is 3.89. The fourth-order valence-electron chi connectivity index (χ4n) is 9.61. The van der Waals surface area contributed by atoms with Crippen LogP contribution in [0.25, 0.3) is 0 Å². The molecular formula is C36H57NO5. The second-order valence-corrected chi connectivity index (χ2v) is 14.4. The van der Waals surface area contributed by atoms with Gasteiger partial charge in [-0.15, -0.1) is 0 Å². The number of ether oxygens (including phenoxy) is 2. The Morgan fingerprint density at radius 3 is 2.64 bits per heavy atom. The maximum absolute atomic E-state index is 11.8. The van der Waals surface area contributed by atoms with Crippen molar-refractivity contribution in [1.29, 1.82) is 0 Å². The molecule has 0 amide bonds. The Morgan fingerprint density at radius 2 is 1.90 bits per heavy atom. The van der Waals surface area contributed by atoms with Crippen molar-refractivity contribution in [2.45, 2.75) is 125 Å². The van der Waals surface area contributed by atoms with E-state index in [4.69, 9.17) is 14.3 Å². The summed E-state index contributed by atoms with van der Waals surface area (Å²) in [6.07, 6.45) is 21.5. The van der Waals surface area contributed by atoms with Gasteiger partial charge in [0.15, 0.2) is 0 Å². The van der Waals surface area contributed by atoms with Crippen LogP contribution in [0.5, 0.6) is 0 Å². The van der Waals surface area contributed by atoms with Crippen molar-refractivity contribution in [3.8, 4) is 0 Å². The number of allylic oxidation sites excluding steroid dienone is 1. The highest BCUT2D eigenvalue weighted by Crippen LogP contribution is 2.67. The van der Waals surface area contributed by atoms with Gasteiger partial charge in [-0.25, -0.2) is 4.79 Å². The van der Waals surface area contributed by atoms with Gasteiger partial charge in [0.05, 0.1) is 12.8 Å². The highest BCUT2D eigenvalue weighted by atomic mass is 16.6. The minimum Gasteiger partial charge on any atom is -0.463 e. The smallest absolute Gasteiger partial charge is 0.330 e. The monoisotopic (exact) mass is 583 g/mol. The van der Waals surface area contributed by atoms with Gasteiger partial charge < -0.3 is 14.3 Å². The summed E-state index contributed by atoms with van der Waals surface area (Å²) in [6, 6.07) is 0. The molecule has 0 aromatic rings. The highest BCUT2D eigenvalue weighted by Gasteiger charge is 2.60. The lowest BCUT2D eigenvalue weighted by Crippen LogP contribution is -2.52. The molecule has 4 rings (SSSR count). The van der Waals surface area contributed by atoms with Crippen LogP contribution >= 0.6 is 0 Å². The summed E-state index contributed by atoms with van der Waals surface area (Å²) in [4.78, 5) is 29.1. The SMILES string of the molecule is CCOC(=O)/C=C/CCO/N=C/[C@]12CC[C@H](OC(C)=O)CC1=CC[C@H]1[C@@H]3CC[C@H]([C@H](C)CCCC(C)C)[C@@]3(C)CC[C@@H]12. The fraction of sp³-hybridized carbons (Fsp3) is 0.806. The van der Waals surface area contributed by atoms with Crippen LogP contribution in [-0.4, -0.2) is 37.5 Å². The standard InChI is InChI=1S/C36H57NO5/c1-7-40-34(39)13-8-9-22-41-37-24-36-21-18-29(42-27(5)38)23-28(36)14-15-30-32-17-16-31(26(4)12-10-11-25(2)3)35(32,6)20-19-33(30)36/h8,13-14,24-26,29-33H,7,9-12,15-23H2,1-6H3/b13-8+,37-24+/t26-,29+,30+,31-,32+,33+,35-,36-/m1/s1. The largest absolute Gasteiger partial charge is 0.463 e. The Bertz CT molecular complexity index is 1020. The quantitative estimate of drug-likeness (QED) is 0.0543. The van der Waals surface area contributed by atoms with Gasteiger partial charge in [0.1, 0.15) is 12.7 Å². The van der Waals surface area contributed by atoms with Crippen LogP contribution in [0.4, 0.5) is 0 Å². The first-order valence-corrected chi connectivity index (χ1v) is 17.0. The first kappa shape index (κ1) is 32.8. The zero-order valence-corrected chi connectivity index (χ0v) is 27.2. The lowest BCUT2D eigenvalue weighted by atomic mass is 9.46. The Morgan fingerprint density at radius 1 is 1.10 bits per heavy atom. The molecule has 0 spiro atoms. The molecule has 0 N–H and O–H groups in total. The van der Waals surface area contributed by atoms with Gasteiger partial charge in [-0.1, -0.05) is 69.8 Å². The van der Waals surface area contributed by atoms with E-state index in [1.165, 1.54) is 63.5 Å². The number of oxime groups is 1. The number of nitrogens with zero attached hydrogens (tertiary/aromatic N) is 1. The Kier molecular flexibility index (Phi) is 11.4. The molecule has 0 bridgehead atoms. The van der Waals surface area contributed by atoms with Crippen LogP contribution in [0.15, 0.2) is 29.0 Å². The van der Waals surface area contributed by atoms with Crippen LogP contribution < -0.4 is 0 Å². The number of fused-ring (bicyclic) bond motifs is 5. The number of hydrogen-bond acceptors (Lipinski definition) is 6. The van der Waals surface area contributed by atoms with E-state index in [1.54, 1.807) is 13.0 Å². The second kappa shape index (κ2) is 14.6. The summed E-state index contributed by atoms with van der Waals surface area (Å²) in [6.45, 7) is 14.0. The maximum atomic E-state index is 11.8. The number of esters is 2. The van der Waals surface area contributed by atoms with Gasteiger partial charge >= 0.3 is 11.9 Å². The molecule has 6 heteroatoms. The van der Waals surface area contributed by atoms with Crippen molar-refractivity contribution in [2.75, 3.05) is 13.2 Å². The van der Waals surface area contributed by atoms with Crippen LogP contribution in [0.1, 0.15) is 119 Å². The number of carbonyl (C=O) groups is 2. The maximum Gasteiger partial charge on any atom is 0.330 e. The molecule has 236 valence electrons. The van der Waals surface area contributed by atoms with Crippen molar-refractivity contribution < 1.29 is 23.9 Å². The van der Waals surface area contributed by atoms with Crippen LogP contribution in [0.3, 0.4) is 0 Å². The van der Waals surface area contributed by atoms with E-state index in [9.17, 15) is 9.59 Å². The molecule has 0 aliphatic heterocycles. The summed E-state index contributed by atoms with van der Waals surface area (Å²) < 4.78 is 10.6. The molecule has 3 saturated carbocycles. The lowest BCUT2D eigenvalue weighted by Gasteiger charge is -2.58. The lowest BCUT2D eigenvalue weighted by molar-refractivity contribution is -0.148. The van der Waals surface area contributed by atoms with Crippen LogP contribution in [0.2, 0.25) is 0 Å². The van der Waals surface area contributed by atoms with E-state index < -0.39 is 0 Å². The molecule has 4 aliphatic rings. The van der Waals surface area contributed by atoms with Crippen molar-refractivity contribution in [2.24, 2.45) is 51.5 Å². The first-order chi connectivity index (χ1) is 20.1. The molecule has 0 saturated heterocycles. The van der Waals surface area contributed by atoms with Crippen molar-refractivity contribution in [3.05, 3.63) is 23.8 Å². The average Bonchev–Trinajstić information content (AvgIpc) is 3.29. The van der Waals surface area contributed by atoms with E-state index in [2.05, 4.69) is 45.1 Å². The third-order valence-electron chi connectivity index (χ3n) is 11.5. The first-order valence-electron chi connectivity index (χ1n) is 17.0. The number of rotatable bonds is 13. The zero-order valence-electron chi connectivity index (χ0n) is 27.2. The van der Waals surface area contributed by atoms with Crippen molar-refractivity contribution in [1.82, 2.24) is 0 Å². The summed E-state index contributed by atoms with van der Waals surface area (Å²) in [7, 11) is 0. The van der Waals surface area contributed by atoms with Crippen LogP contribution in [0, 0.1) is 46.3 Å². The fourth-order valence-corrected chi connectivity index (χ4v) is 9.61. The molecule has 3 fully saturated rings. The minimum absolute atomic E-state index is 0.0443. The average molecular weight is 584 g/mol. The number of carbonyl (C=O) groups excluding carboxylic acids is 2. The van der Waals surface area contributed by atoms with E-state index in [-0.39, 0.29) is 23.5 Å². The molecule has 0 aromatic heterocycles. The van der Waals surface area contributed by atoms with Gasteiger partial charge in [0, 0.05) is 31.3 Å². The number of hydrogen-bond donors (Lipinski definition) is 0. The molecule has 0 unspecified atom stereocenters. The zero-order chi connectivity index (χ0) is 30.3. The van der Waals surface area contributed by atoms with E-state index in [0.29, 0.717) is 36.9 Å². The summed E-state index contributed by atoms with van der Waals surface area (Å²) in [5, 5.41) is 4.57. The molecule has 0 aromatic carbocycles. The normalized spacial score (nSPS) is 34.9. The molecule has 6 nitrogen and oxygen atoms in total. The van der Waals surface area contributed by atoms with Gasteiger partial charge in [0.25, 0.3) is 0 Å². The minimum atomic E-state index is -0.323. The third kappa shape index (κ3) is 7.33. The van der Waals surface area contributed by atoms with Gasteiger partial charge in [-0.05, 0) is 92.8 Å². The predicted octanol–water partition coefficient (Wildman–Crippen LogP) is 8.45. The third-order valence-corrected chi connectivity index (χ3v) is 11.5. The van der Waals surface area contributed by atoms with Crippen molar-refractivity contribution in [3.63, 3.8) is 0 Å². The molecule has 8 atom stereocenters. The Balaban J connectivity index is 1.48. The predicted molar refractivity (Wildman–Crippen MR) is 168 cm³/mol. The second-order valence-electron chi connectivity index (χ2n) is 14.4. The van der Waals surface area contributed by atoms with E-state index >= 15 is 0 Å².